The lowest BCUT2D eigenvalue weighted by molar-refractivity contribution is -0.203. The number of piperidine rings is 1. The first-order valence-corrected chi connectivity index (χ1v) is 20.5. The molecule has 10 atom stereocenters. The number of nitrogens with zero attached hydrogens (tertiary/aromatic N) is 3. The van der Waals surface area contributed by atoms with Crippen molar-refractivity contribution in [1.29, 1.82) is 0 Å². The molecule has 5 unspecified atom stereocenters. The summed E-state index contributed by atoms with van der Waals surface area (Å²) < 4.78 is 12.3. The molecule has 1 saturated carbocycles. The third kappa shape index (κ3) is 4.59. The summed E-state index contributed by atoms with van der Waals surface area (Å²) >= 11 is 0. The number of nitrogens with one attached hydrogen (secondary N) is 2. The van der Waals surface area contributed by atoms with E-state index < -0.39 is 51.5 Å². The zero-order valence-electron chi connectivity index (χ0n) is 33.5. The fourth-order valence-electron chi connectivity index (χ4n) is 13.2. The predicted octanol–water partition coefficient (Wildman–Crippen LogP) is 2.99. The normalized spacial score (nSPS) is 38.4. The van der Waals surface area contributed by atoms with E-state index >= 15 is 4.79 Å². The molecule has 1 aliphatic carbocycles. The molecule has 9 rings (SSSR count). The number of methoxy groups -OCH3 is 2. The van der Waals surface area contributed by atoms with E-state index in [0.717, 1.165) is 46.5 Å². The largest absolute Gasteiger partial charge is 0.496 e. The van der Waals surface area contributed by atoms with Crippen LogP contribution in [0.4, 0.5) is 5.69 Å². The van der Waals surface area contributed by atoms with Gasteiger partial charge in [0.2, 0.25) is 0 Å². The van der Waals surface area contributed by atoms with E-state index in [0.29, 0.717) is 69.5 Å². The first-order chi connectivity index (χ1) is 26.8. The average Bonchev–Trinajstić information content (AvgIpc) is 3.87. The molecule has 2 bridgehead atoms. The minimum absolute atomic E-state index is 0.0712. The Morgan fingerprint density at radius 2 is 1.82 bits per heavy atom. The summed E-state index contributed by atoms with van der Waals surface area (Å²) in [4.78, 5) is 39.9. The number of aliphatic hydroxyl groups excluding tert-OH is 1. The van der Waals surface area contributed by atoms with Crippen molar-refractivity contribution < 1.29 is 34.4 Å². The lowest BCUT2D eigenvalue weighted by Crippen LogP contribution is -2.81. The Morgan fingerprint density at radius 1 is 1.04 bits per heavy atom. The molecule has 56 heavy (non-hydrogen) atoms. The maximum Gasteiger partial charge on any atom is 0.322 e. The highest BCUT2D eigenvalue weighted by Crippen LogP contribution is 2.67. The SMILES string of the molecule is CC[C@]1(O)CC2CN(CCc3c([nH]c4ccccc34)[C@@](C(=O)OC)(c3cc4c(cc3OC)N(C)C3C(O)(C(=O)NC)[C@H](O)[C@]5(CC)C=CCN6CCC43[C@@H]65)C2)C1. The summed E-state index contributed by atoms with van der Waals surface area (Å²) in [5.41, 5.74) is -1.12. The van der Waals surface area contributed by atoms with Crippen molar-refractivity contribution in [2.24, 2.45) is 11.3 Å². The molecule has 12 nitrogen and oxygen atoms in total. The van der Waals surface area contributed by atoms with Gasteiger partial charge in [-0.2, -0.15) is 0 Å². The van der Waals surface area contributed by atoms with Crippen molar-refractivity contribution in [2.45, 2.75) is 92.6 Å². The molecular weight excluding hydrogens is 711 g/mol. The van der Waals surface area contributed by atoms with E-state index in [4.69, 9.17) is 9.47 Å². The first-order valence-electron chi connectivity index (χ1n) is 20.5. The Hall–Kier alpha value is -3.94. The molecule has 6 heterocycles. The van der Waals surface area contributed by atoms with E-state index in [1.807, 2.05) is 56.1 Å². The first kappa shape index (κ1) is 37.6. The van der Waals surface area contributed by atoms with Gasteiger partial charge in [-0.15, -0.1) is 0 Å². The quantitative estimate of drug-likeness (QED) is 0.187. The summed E-state index contributed by atoms with van der Waals surface area (Å²) in [5, 5.41) is 41.1. The standard InChI is InChI=1S/C44H57N5O7/c1-7-40(53)22-26-23-43(39(52)56-6,34-28(14-18-48(24-26)25-40)27-12-9-10-13-31(27)46-34)30-20-29-32(21-33(30)55-5)47(4)36-42(29)16-19-49-17-11-15-41(8-2,35(42)49)37(50)44(36,54)38(51)45-3/h9-13,15,20-21,26,35-37,46,50,53-54H,7-8,14,16-19,22-25H2,1-6H3,(H,45,51)/t26?,35-,36?,37+,40-,41+,42?,43-,44?/m0/s1. The summed E-state index contributed by atoms with van der Waals surface area (Å²) in [7, 11) is 6.46. The summed E-state index contributed by atoms with van der Waals surface area (Å²) in [5.74, 6) is -0.624. The number of benzene rings is 2. The van der Waals surface area contributed by atoms with Crippen LogP contribution in [0.25, 0.3) is 10.9 Å². The molecule has 1 spiro atoms. The number of para-hydroxylation sites is 1. The van der Waals surface area contributed by atoms with Gasteiger partial charge in [0, 0.05) is 91.1 Å². The Bertz CT molecular complexity index is 2140. The van der Waals surface area contributed by atoms with Gasteiger partial charge in [0.1, 0.15) is 17.3 Å². The van der Waals surface area contributed by atoms with Crippen LogP contribution in [0.5, 0.6) is 5.75 Å². The molecular formula is C44H57N5O7. The van der Waals surface area contributed by atoms with Gasteiger partial charge in [0.25, 0.3) is 5.91 Å². The third-order valence-electron chi connectivity index (χ3n) is 15.4. The number of fused-ring (bicyclic) bond motifs is 6. The minimum atomic E-state index is -2.18. The van der Waals surface area contributed by atoms with Crippen molar-refractivity contribution in [3.8, 4) is 5.75 Å². The maximum atomic E-state index is 15.2. The van der Waals surface area contributed by atoms with E-state index in [-0.39, 0.29) is 12.0 Å². The second-order valence-corrected chi connectivity index (χ2v) is 17.7. The lowest BCUT2D eigenvalue weighted by Gasteiger charge is -2.63. The molecule has 300 valence electrons. The van der Waals surface area contributed by atoms with Gasteiger partial charge < -0.3 is 40.0 Å². The van der Waals surface area contributed by atoms with Crippen molar-refractivity contribution in [3.05, 3.63) is 70.9 Å². The van der Waals surface area contributed by atoms with Crippen LogP contribution in [0.3, 0.4) is 0 Å². The topological polar surface area (TPSA) is 151 Å². The highest BCUT2D eigenvalue weighted by molar-refractivity contribution is 5.95. The van der Waals surface area contributed by atoms with Crippen molar-refractivity contribution in [2.75, 3.05) is 65.9 Å². The Balaban J connectivity index is 1.36. The number of hydrogen-bond acceptors (Lipinski definition) is 10. The van der Waals surface area contributed by atoms with Crippen LogP contribution in [0, 0.1) is 11.3 Å². The molecule has 1 amide bonds. The zero-order chi connectivity index (χ0) is 39.6. The van der Waals surface area contributed by atoms with Crippen LogP contribution in [-0.2, 0) is 31.6 Å². The number of amides is 1. The van der Waals surface area contributed by atoms with Crippen LogP contribution < -0.4 is 15.0 Å². The number of carbonyl (C=O) groups excluding carboxylic acids is 2. The number of aromatic nitrogens is 1. The third-order valence-corrected chi connectivity index (χ3v) is 15.4. The molecule has 6 aliphatic rings. The monoisotopic (exact) mass is 767 g/mol. The average molecular weight is 768 g/mol. The molecule has 5 aliphatic heterocycles. The molecule has 3 aromatic rings. The number of aliphatic hydroxyl groups is 3. The van der Waals surface area contributed by atoms with Gasteiger partial charge in [0.15, 0.2) is 5.60 Å². The van der Waals surface area contributed by atoms with Crippen molar-refractivity contribution in [1.82, 2.24) is 20.1 Å². The number of hydrogen-bond donors (Lipinski definition) is 5. The van der Waals surface area contributed by atoms with Crippen LogP contribution in [0.2, 0.25) is 0 Å². The van der Waals surface area contributed by atoms with E-state index in [2.05, 4.69) is 38.3 Å². The summed E-state index contributed by atoms with van der Waals surface area (Å²) in [6.07, 6.45) is 6.01. The smallest absolute Gasteiger partial charge is 0.322 e. The molecule has 1 aromatic heterocycles. The Labute approximate surface area is 328 Å². The number of carbonyl (C=O) groups is 2. The van der Waals surface area contributed by atoms with E-state index in [1.165, 1.54) is 14.2 Å². The van der Waals surface area contributed by atoms with E-state index in [1.54, 1.807) is 7.11 Å². The fourth-order valence-corrected chi connectivity index (χ4v) is 13.2. The predicted molar refractivity (Wildman–Crippen MR) is 213 cm³/mol. The summed E-state index contributed by atoms with van der Waals surface area (Å²) in [6, 6.07) is 11.2. The highest BCUT2D eigenvalue weighted by atomic mass is 16.5. The van der Waals surface area contributed by atoms with Crippen LogP contribution in [0.1, 0.15) is 68.3 Å². The van der Waals surface area contributed by atoms with Gasteiger partial charge in [-0.3, -0.25) is 19.4 Å². The molecule has 5 N–H and O–H groups in total. The highest BCUT2D eigenvalue weighted by Gasteiger charge is 2.78. The number of rotatable bonds is 6. The molecule has 2 saturated heterocycles. The van der Waals surface area contributed by atoms with Gasteiger partial charge in [-0.25, -0.2) is 0 Å². The number of ether oxygens (including phenoxy) is 2. The Kier molecular flexibility index (Phi) is 8.59. The molecule has 2 aromatic carbocycles. The second kappa shape index (κ2) is 12.8. The fraction of sp³-hybridized carbons (Fsp3) is 0.591. The van der Waals surface area contributed by atoms with Crippen molar-refractivity contribution >= 4 is 28.5 Å². The van der Waals surface area contributed by atoms with Gasteiger partial charge >= 0.3 is 5.97 Å². The molecule has 3 fully saturated rings. The zero-order valence-corrected chi connectivity index (χ0v) is 33.5. The van der Waals surface area contributed by atoms with E-state index in [9.17, 15) is 20.1 Å². The number of esters is 1. The summed E-state index contributed by atoms with van der Waals surface area (Å²) in [6.45, 7) is 7.49. The lowest BCUT2D eigenvalue weighted by atomic mass is 9.47. The second-order valence-electron chi connectivity index (χ2n) is 17.7. The number of aromatic amines is 1. The molecule has 12 heteroatoms. The van der Waals surface area contributed by atoms with Gasteiger partial charge in [-0.1, -0.05) is 44.2 Å². The van der Waals surface area contributed by atoms with Gasteiger partial charge in [-0.05, 0) is 74.2 Å². The van der Waals surface area contributed by atoms with Gasteiger partial charge in [0.05, 0.1) is 25.9 Å². The number of likely N-dealkylation sites (N-methyl/N-ethyl adjacent to an activating group) is 2. The van der Waals surface area contributed by atoms with Crippen LogP contribution >= 0.6 is 0 Å². The van der Waals surface area contributed by atoms with Crippen LogP contribution in [0.15, 0.2) is 48.6 Å². The number of anilines is 1. The maximum absolute atomic E-state index is 15.2. The van der Waals surface area contributed by atoms with Crippen LogP contribution in [-0.4, -0.2) is 132 Å². The van der Waals surface area contributed by atoms with Crippen molar-refractivity contribution in [3.63, 3.8) is 0 Å². The molecule has 0 radical (unpaired) electrons. The Morgan fingerprint density at radius 3 is 2.54 bits per heavy atom. The number of H-pyrrole nitrogens is 1. The minimum Gasteiger partial charge on any atom is -0.496 e.